The van der Waals surface area contributed by atoms with Gasteiger partial charge in [-0.1, -0.05) is 0 Å². The summed E-state index contributed by atoms with van der Waals surface area (Å²) in [6.45, 7) is 3.54. The summed E-state index contributed by atoms with van der Waals surface area (Å²) < 4.78 is 7.70. The summed E-state index contributed by atoms with van der Waals surface area (Å²) in [7, 11) is 0. The second-order valence-corrected chi connectivity index (χ2v) is 5.92. The molecular weight excluding hydrogens is 274 g/mol. The number of hydrogen-bond acceptors (Lipinski definition) is 4. The van der Waals surface area contributed by atoms with E-state index >= 15 is 0 Å². The molecule has 0 bridgehead atoms. The first kappa shape index (κ1) is 13.3. The zero-order chi connectivity index (χ0) is 13.9. The van der Waals surface area contributed by atoms with E-state index in [4.69, 9.17) is 4.42 Å². The molecule has 0 spiro atoms. The van der Waals surface area contributed by atoms with Crippen LogP contribution in [0.25, 0.3) is 0 Å². The van der Waals surface area contributed by atoms with Crippen molar-refractivity contribution in [2.75, 3.05) is 12.3 Å². The molecule has 0 N–H and O–H groups in total. The lowest BCUT2D eigenvalue weighted by Crippen LogP contribution is -2.29. The first-order valence-corrected chi connectivity index (χ1v) is 7.72. The van der Waals surface area contributed by atoms with Crippen molar-refractivity contribution in [1.29, 1.82) is 0 Å². The van der Waals surface area contributed by atoms with Crippen molar-refractivity contribution in [3.8, 4) is 0 Å². The van der Waals surface area contributed by atoms with Gasteiger partial charge in [-0.25, -0.2) is 4.98 Å². The normalized spacial score (nSPS) is 18.9. The fraction of sp³-hybridized carbons (Fsp3) is 0.429. The number of furan rings is 1. The van der Waals surface area contributed by atoms with E-state index in [2.05, 4.69) is 4.98 Å². The zero-order valence-corrected chi connectivity index (χ0v) is 12.2. The smallest absolute Gasteiger partial charge is 0.233 e. The first-order chi connectivity index (χ1) is 9.74. The molecule has 0 aliphatic carbocycles. The maximum Gasteiger partial charge on any atom is 0.233 e. The molecule has 0 saturated carbocycles. The van der Waals surface area contributed by atoms with Crippen LogP contribution in [-0.2, 0) is 11.3 Å². The Labute approximate surface area is 122 Å². The Morgan fingerprint density at radius 3 is 3.05 bits per heavy atom. The number of nitrogens with zero attached hydrogens (tertiary/aromatic N) is 3. The predicted molar refractivity (Wildman–Crippen MR) is 77.2 cm³/mol. The van der Waals surface area contributed by atoms with E-state index in [0.717, 1.165) is 31.0 Å². The number of aryl methyl sites for hydroxylation is 2. The fourth-order valence-electron chi connectivity index (χ4n) is 2.36. The highest BCUT2D eigenvalue weighted by Gasteiger charge is 2.34. The lowest BCUT2D eigenvalue weighted by molar-refractivity contribution is -0.128. The fourth-order valence-corrected chi connectivity index (χ4v) is 3.52. The van der Waals surface area contributed by atoms with Gasteiger partial charge in [0.1, 0.15) is 16.9 Å². The van der Waals surface area contributed by atoms with Gasteiger partial charge in [0, 0.05) is 25.5 Å². The van der Waals surface area contributed by atoms with E-state index in [1.54, 1.807) is 24.3 Å². The zero-order valence-electron chi connectivity index (χ0n) is 11.4. The van der Waals surface area contributed by atoms with Crippen molar-refractivity contribution in [2.45, 2.75) is 25.3 Å². The van der Waals surface area contributed by atoms with Gasteiger partial charge in [0.05, 0.1) is 12.1 Å². The average Bonchev–Trinajstić information content (AvgIpc) is 3.13. The summed E-state index contributed by atoms with van der Waals surface area (Å²) in [5.41, 5.74) is 0. The van der Waals surface area contributed by atoms with Gasteiger partial charge in [0.15, 0.2) is 0 Å². The van der Waals surface area contributed by atoms with Gasteiger partial charge in [-0.2, -0.15) is 0 Å². The van der Waals surface area contributed by atoms with E-state index in [1.165, 1.54) is 0 Å². The Morgan fingerprint density at radius 2 is 2.35 bits per heavy atom. The molecule has 3 rings (SSSR count). The number of hydrogen-bond donors (Lipinski definition) is 0. The van der Waals surface area contributed by atoms with Gasteiger partial charge in [-0.3, -0.25) is 4.79 Å². The number of aromatic nitrogens is 2. The van der Waals surface area contributed by atoms with Crippen molar-refractivity contribution >= 4 is 17.7 Å². The third kappa shape index (κ3) is 2.75. The third-order valence-corrected chi connectivity index (χ3v) is 4.56. The quantitative estimate of drug-likeness (QED) is 0.849. The summed E-state index contributed by atoms with van der Waals surface area (Å²) >= 11 is 1.64. The van der Waals surface area contributed by atoms with Crippen molar-refractivity contribution < 1.29 is 9.21 Å². The van der Waals surface area contributed by atoms with Crippen LogP contribution in [0.4, 0.5) is 0 Å². The van der Waals surface area contributed by atoms with Crippen LogP contribution in [0.2, 0.25) is 0 Å². The molecule has 1 amide bonds. The number of thioether (sulfide) groups is 1. The Morgan fingerprint density at radius 1 is 1.45 bits per heavy atom. The van der Waals surface area contributed by atoms with Crippen molar-refractivity contribution in [3.05, 3.63) is 42.4 Å². The lowest BCUT2D eigenvalue weighted by Gasteiger charge is -2.22. The van der Waals surface area contributed by atoms with Gasteiger partial charge in [-0.05, 0) is 25.5 Å². The summed E-state index contributed by atoms with van der Waals surface area (Å²) in [5.74, 6) is 2.49. The number of imidazole rings is 1. The SMILES string of the molecule is Cc1ccc(C2SCC(=O)N2CCCn2ccnc2)o1. The number of rotatable bonds is 5. The largest absolute Gasteiger partial charge is 0.463 e. The molecule has 2 aromatic rings. The summed E-state index contributed by atoms with van der Waals surface area (Å²) in [6.07, 6.45) is 6.42. The highest BCUT2D eigenvalue weighted by atomic mass is 32.2. The Hall–Kier alpha value is -1.69. The van der Waals surface area contributed by atoms with E-state index in [1.807, 2.05) is 34.7 Å². The number of carbonyl (C=O) groups excluding carboxylic acids is 1. The Balaban J connectivity index is 1.62. The Kier molecular flexibility index (Phi) is 3.82. The highest BCUT2D eigenvalue weighted by molar-refractivity contribution is 8.00. The van der Waals surface area contributed by atoms with Crippen molar-refractivity contribution in [1.82, 2.24) is 14.5 Å². The van der Waals surface area contributed by atoms with Crippen LogP contribution in [0.3, 0.4) is 0 Å². The molecule has 0 aromatic carbocycles. The van der Waals surface area contributed by atoms with E-state index in [9.17, 15) is 4.79 Å². The minimum atomic E-state index is 0.0268. The predicted octanol–water partition coefficient (Wildman–Crippen LogP) is 2.45. The maximum absolute atomic E-state index is 12.0. The lowest BCUT2D eigenvalue weighted by atomic mass is 10.3. The van der Waals surface area contributed by atoms with Gasteiger partial charge in [0.25, 0.3) is 0 Å². The standard InChI is InChI=1S/C14H17N3O2S/c1-11-3-4-12(19-11)14-17(13(18)9-20-14)7-2-6-16-8-5-15-10-16/h3-5,8,10,14H,2,6-7,9H2,1H3. The van der Waals surface area contributed by atoms with Crippen molar-refractivity contribution in [2.24, 2.45) is 0 Å². The molecule has 5 nitrogen and oxygen atoms in total. The molecular formula is C14H17N3O2S. The third-order valence-electron chi connectivity index (χ3n) is 3.35. The average molecular weight is 291 g/mol. The van der Waals surface area contributed by atoms with E-state index in [0.29, 0.717) is 5.75 Å². The molecule has 1 atom stereocenters. The number of carbonyl (C=O) groups is 1. The monoisotopic (exact) mass is 291 g/mol. The molecule has 3 heterocycles. The summed E-state index contributed by atoms with van der Waals surface area (Å²) in [6, 6.07) is 3.91. The summed E-state index contributed by atoms with van der Waals surface area (Å²) in [5, 5.41) is 0.0268. The molecule has 2 aromatic heterocycles. The second kappa shape index (κ2) is 5.75. The van der Waals surface area contributed by atoms with Gasteiger partial charge < -0.3 is 13.9 Å². The molecule has 1 unspecified atom stereocenters. The van der Waals surface area contributed by atoms with Gasteiger partial charge >= 0.3 is 0 Å². The molecule has 0 radical (unpaired) electrons. The number of amides is 1. The molecule has 1 fully saturated rings. The maximum atomic E-state index is 12.0. The minimum absolute atomic E-state index is 0.0268. The van der Waals surface area contributed by atoms with Crippen molar-refractivity contribution in [3.63, 3.8) is 0 Å². The molecule has 6 heteroatoms. The minimum Gasteiger partial charge on any atom is -0.463 e. The van der Waals surface area contributed by atoms with Crippen LogP contribution in [0, 0.1) is 6.92 Å². The summed E-state index contributed by atoms with van der Waals surface area (Å²) in [4.78, 5) is 17.9. The Bertz CT molecular complexity index is 579. The van der Waals surface area contributed by atoms with Crippen LogP contribution in [0.5, 0.6) is 0 Å². The molecule has 1 saturated heterocycles. The van der Waals surface area contributed by atoms with E-state index in [-0.39, 0.29) is 11.3 Å². The molecule has 1 aliphatic heterocycles. The highest BCUT2D eigenvalue weighted by Crippen LogP contribution is 2.39. The topological polar surface area (TPSA) is 51.3 Å². The van der Waals surface area contributed by atoms with E-state index < -0.39 is 0 Å². The van der Waals surface area contributed by atoms with Crippen LogP contribution in [0.15, 0.2) is 35.3 Å². The first-order valence-electron chi connectivity index (χ1n) is 6.67. The van der Waals surface area contributed by atoms with Gasteiger partial charge in [-0.15, -0.1) is 11.8 Å². The van der Waals surface area contributed by atoms with Gasteiger partial charge in [0.2, 0.25) is 5.91 Å². The molecule has 106 valence electrons. The molecule has 20 heavy (non-hydrogen) atoms. The van der Waals surface area contributed by atoms with Crippen LogP contribution in [0.1, 0.15) is 23.3 Å². The second-order valence-electron chi connectivity index (χ2n) is 4.85. The van der Waals surface area contributed by atoms with Crippen LogP contribution < -0.4 is 0 Å². The molecule has 1 aliphatic rings. The van der Waals surface area contributed by atoms with Crippen LogP contribution >= 0.6 is 11.8 Å². The van der Waals surface area contributed by atoms with Crippen LogP contribution in [-0.4, -0.2) is 32.7 Å².